The van der Waals surface area contributed by atoms with E-state index in [4.69, 9.17) is 0 Å². The van der Waals surface area contributed by atoms with Gasteiger partial charge in [-0.2, -0.15) is 0 Å². The summed E-state index contributed by atoms with van der Waals surface area (Å²) in [5.41, 5.74) is -0.578. The summed E-state index contributed by atoms with van der Waals surface area (Å²) in [4.78, 5) is 27.2. The highest BCUT2D eigenvalue weighted by Crippen LogP contribution is 2.37. The zero-order valence-electron chi connectivity index (χ0n) is 11.5. The van der Waals surface area contributed by atoms with E-state index in [1.165, 1.54) is 0 Å². The first-order valence-electron chi connectivity index (χ1n) is 7.48. The fourth-order valence-corrected chi connectivity index (χ4v) is 3.84. The normalized spacial score (nSPS) is 30.4. The van der Waals surface area contributed by atoms with Crippen molar-refractivity contribution in [3.63, 3.8) is 0 Å². The van der Waals surface area contributed by atoms with Gasteiger partial charge in [-0.25, -0.2) is 0 Å². The van der Waals surface area contributed by atoms with E-state index in [2.05, 4.69) is 17.5 Å². The van der Waals surface area contributed by atoms with Crippen LogP contribution in [0.25, 0.3) is 0 Å². The lowest BCUT2D eigenvalue weighted by Gasteiger charge is -2.47. The lowest BCUT2D eigenvalue weighted by atomic mass is 9.88. The van der Waals surface area contributed by atoms with E-state index in [1.807, 2.05) is 11.8 Å². The minimum atomic E-state index is -0.578. The third-order valence-electron chi connectivity index (χ3n) is 4.86. The second-order valence-corrected chi connectivity index (χ2v) is 6.01. The number of amides is 2. The quantitative estimate of drug-likeness (QED) is 0.771. The minimum absolute atomic E-state index is 0.0518. The maximum atomic E-state index is 12.9. The van der Waals surface area contributed by atoms with Gasteiger partial charge < -0.3 is 10.2 Å². The molecule has 104 valence electrons. The maximum absolute atomic E-state index is 12.9. The second kappa shape index (κ2) is 4.66. The summed E-state index contributed by atoms with van der Waals surface area (Å²) in [6, 6.07) is -0.0791. The number of piperazine rings is 1. The molecule has 0 aromatic rings. The van der Waals surface area contributed by atoms with Crippen molar-refractivity contribution in [2.24, 2.45) is 0 Å². The predicted molar refractivity (Wildman–Crippen MR) is 72.4 cm³/mol. The predicted octanol–water partition coefficient (Wildman–Crippen LogP) is 1.75. The molecule has 1 aliphatic heterocycles. The van der Waals surface area contributed by atoms with E-state index in [0.717, 1.165) is 38.5 Å². The highest BCUT2D eigenvalue weighted by molar-refractivity contribution is 6.00. The van der Waals surface area contributed by atoms with Crippen molar-refractivity contribution in [1.29, 1.82) is 0 Å². The van der Waals surface area contributed by atoms with Crippen molar-refractivity contribution >= 4 is 11.8 Å². The zero-order chi connectivity index (χ0) is 13.5. The molecule has 1 saturated heterocycles. The lowest BCUT2D eigenvalue weighted by Crippen LogP contribution is -2.70. The van der Waals surface area contributed by atoms with Crippen LogP contribution in [0.15, 0.2) is 12.2 Å². The average Bonchev–Trinajstić information content (AvgIpc) is 3.05. The average molecular weight is 262 g/mol. The van der Waals surface area contributed by atoms with Crippen LogP contribution < -0.4 is 5.32 Å². The van der Waals surface area contributed by atoms with Crippen LogP contribution in [-0.4, -0.2) is 34.3 Å². The molecule has 2 fully saturated rings. The van der Waals surface area contributed by atoms with Gasteiger partial charge in [-0.15, -0.1) is 0 Å². The molecule has 1 atom stereocenters. The van der Waals surface area contributed by atoms with E-state index in [0.29, 0.717) is 6.42 Å². The molecule has 19 heavy (non-hydrogen) atoms. The van der Waals surface area contributed by atoms with Crippen LogP contribution in [0.4, 0.5) is 0 Å². The molecule has 4 nitrogen and oxygen atoms in total. The SMILES string of the molecule is CCC1C(=O)NC2(CCCC2)C(=O)N1C1CC=CC1. The summed E-state index contributed by atoms with van der Waals surface area (Å²) >= 11 is 0. The summed E-state index contributed by atoms with van der Waals surface area (Å²) in [7, 11) is 0. The Labute approximate surface area is 114 Å². The fourth-order valence-electron chi connectivity index (χ4n) is 3.84. The molecule has 0 aromatic carbocycles. The van der Waals surface area contributed by atoms with Crippen LogP contribution in [0, 0.1) is 0 Å². The highest BCUT2D eigenvalue weighted by atomic mass is 16.2. The molecule has 0 aromatic heterocycles. The Morgan fingerprint density at radius 2 is 1.89 bits per heavy atom. The van der Waals surface area contributed by atoms with Crippen LogP contribution in [0.1, 0.15) is 51.9 Å². The minimum Gasteiger partial charge on any atom is -0.340 e. The van der Waals surface area contributed by atoms with Crippen LogP contribution in [0.2, 0.25) is 0 Å². The molecule has 3 aliphatic rings. The number of carbonyl (C=O) groups excluding carboxylic acids is 2. The van der Waals surface area contributed by atoms with E-state index in [1.54, 1.807) is 0 Å². The van der Waals surface area contributed by atoms with Crippen LogP contribution >= 0.6 is 0 Å². The molecule has 1 spiro atoms. The highest BCUT2D eigenvalue weighted by Gasteiger charge is 2.53. The Bertz CT molecular complexity index is 416. The fraction of sp³-hybridized carbons (Fsp3) is 0.733. The van der Waals surface area contributed by atoms with Crippen molar-refractivity contribution in [3.05, 3.63) is 12.2 Å². The van der Waals surface area contributed by atoms with Gasteiger partial charge in [-0.05, 0) is 32.1 Å². The third-order valence-corrected chi connectivity index (χ3v) is 4.86. The number of hydrogen-bond acceptors (Lipinski definition) is 2. The van der Waals surface area contributed by atoms with E-state index in [-0.39, 0.29) is 23.9 Å². The van der Waals surface area contributed by atoms with Crippen molar-refractivity contribution in [1.82, 2.24) is 10.2 Å². The molecule has 1 N–H and O–H groups in total. The number of rotatable bonds is 2. The first-order valence-corrected chi connectivity index (χ1v) is 7.48. The van der Waals surface area contributed by atoms with Gasteiger partial charge in [0.2, 0.25) is 11.8 Å². The van der Waals surface area contributed by atoms with Gasteiger partial charge in [0.15, 0.2) is 0 Å². The largest absolute Gasteiger partial charge is 0.340 e. The Hall–Kier alpha value is -1.32. The lowest BCUT2D eigenvalue weighted by molar-refractivity contribution is -0.157. The molecular weight excluding hydrogens is 240 g/mol. The van der Waals surface area contributed by atoms with Crippen LogP contribution in [0.5, 0.6) is 0 Å². The van der Waals surface area contributed by atoms with Gasteiger partial charge in [0.05, 0.1) is 0 Å². The number of carbonyl (C=O) groups is 2. The Balaban J connectivity index is 1.91. The van der Waals surface area contributed by atoms with Crippen molar-refractivity contribution in [3.8, 4) is 0 Å². The molecule has 2 aliphatic carbocycles. The third kappa shape index (κ3) is 1.88. The van der Waals surface area contributed by atoms with E-state index >= 15 is 0 Å². The molecule has 4 heteroatoms. The van der Waals surface area contributed by atoms with Crippen molar-refractivity contribution in [2.45, 2.75) is 69.5 Å². The van der Waals surface area contributed by atoms with Gasteiger partial charge in [-0.1, -0.05) is 31.9 Å². The molecule has 1 heterocycles. The smallest absolute Gasteiger partial charge is 0.249 e. The van der Waals surface area contributed by atoms with Gasteiger partial charge in [0.25, 0.3) is 0 Å². The molecular formula is C15H22N2O2. The standard InChI is InChI=1S/C15H22N2O2/c1-2-12-13(18)16-15(9-5-6-10-15)14(19)17(12)11-7-3-4-8-11/h3-4,11-12H,2,5-10H2,1H3,(H,16,18). The Morgan fingerprint density at radius 1 is 1.26 bits per heavy atom. The Kier molecular flexibility index (Phi) is 3.11. The number of hydrogen-bond donors (Lipinski definition) is 1. The van der Waals surface area contributed by atoms with E-state index < -0.39 is 5.54 Å². The molecule has 1 unspecified atom stereocenters. The van der Waals surface area contributed by atoms with Gasteiger partial charge >= 0.3 is 0 Å². The molecule has 1 saturated carbocycles. The van der Waals surface area contributed by atoms with E-state index in [9.17, 15) is 9.59 Å². The van der Waals surface area contributed by atoms with Crippen molar-refractivity contribution < 1.29 is 9.59 Å². The number of nitrogens with zero attached hydrogens (tertiary/aromatic N) is 1. The van der Waals surface area contributed by atoms with Crippen LogP contribution in [-0.2, 0) is 9.59 Å². The summed E-state index contributed by atoms with van der Waals surface area (Å²) in [5.74, 6) is 0.223. The summed E-state index contributed by atoms with van der Waals surface area (Å²) in [6.45, 7) is 1.99. The van der Waals surface area contributed by atoms with Gasteiger partial charge in [0, 0.05) is 6.04 Å². The summed E-state index contributed by atoms with van der Waals surface area (Å²) in [6.07, 6.45) is 10.4. The topological polar surface area (TPSA) is 49.4 Å². The van der Waals surface area contributed by atoms with Crippen molar-refractivity contribution in [2.75, 3.05) is 0 Å². The molecule has 0 radical (unpaired) electrons. The van der Waals surface area contributed by atoms with Crippen LogP contribution in [0.3, 0.4) is 0 Å². The first kappa shape index (κ1) is 12.7. The summed E-state index contributed by atoms with van der Waals surface area (Å²) < 4.78 is 0. The zero-order valence-corrected chi connectivity index (χ0v) is 11.5. The first-order chi connectivity index (χ1) is 9.18. The van der Waals surface area contributed by atoms with Gasteiger partial charge in [-0.3, -0.25) is 9.59 Å². The maximum Gasteiger partial charge on any atom is 0.249 e. The molecule has 3 rings (SSSR count). The Morgan fingerprint density at radius 3 is 2.47 bits per heavy atom. The van der Waals surface area contributed by atoms with Gasteiger partial charge in [0.1, 0.15) is 11.6 Å². The molecule has 2 amide bonds. The summed E-state index contributed by atoms with van der Waals surface area (Å²) in [5, 5.41) is 3.05. The monoisotopic (exact) mass is 262 g/mol. The number of nitrogens with one attached hydrogen (secondary N) is 1. The molecule has 0 bridgehead atoms. The second-order valence-electron chi connectivity index (χ2n) is 6.01.